The van der Waals surface area contributed by atoms with E-state index < -0.39 is 27.6 Å². The number of hydrogen-bond donors (Lipinski definition) is 2. The van der Waals surface area contributed by atoms with Gasteiger partial charge in [-0.3, -0.25) is 4.79 Å². The van der Waals surface area contributed by atoms with Crippen molar-refractivity contribution in [1.29, 1.82) is 0 Å². The fraction of sp³-hybridized carbons (Fsp3) is 0.435. The summed E-state index contributed by atoms with van der Waals surface area (Å²) in [6.45, 7) is 0.197. The van der Waals surface area contributed by atoms with Gasteiger partial charge in [-0.1, -0.05) is 6.08 Å². The average molecular weight is 475 g/mol. The minimum absolute atomic E-state index is 0.197. The highest BCUT2D eigenvalue weighted by Gasteiger charge is 2.32. The first-order valence-electron chi connectivity index (χ1n) is 10.9. The molecule has 0 unspecified atom stereocenters. The number of aromatic nitrogens is 2. The van der Waals surface area contributed by atoms with Crippen LogP contribution in [0.1, 0.15) is 53.3 Å². The Bertz CT molecular complexity index is 1180. The fourth-order valence-electron chi connectivity index (χ4n) is 3.53. The Kier molecular flexibility index (Phi) is 6.64. The lowest BCUT2D eigenvalue weighted by atomic mass is 10.1. The van der Waals surface area contributed by atoms with Crippen LogP contribution in [-0.2, 0) is 16.4 Å². The van der Waals surface area contributed by atoms with Crippen molar-refractivity contribution in [3.8, 4) is 5.75 Å². The molecule has 1 amide bonds. The number of carbonyl (C=O) groups is 1. The molecule has 1 atom stereocenters. The highest BCUT2D eigenvalue weighted by molar-refractivity contribution is 7.93. The van der Waals surface area contributed by atoms with E-state index in [0.29, 0.717) is 23.0 Å². The molecule has 0 radical (unpaired) electrons. The van der Waals surface area contributed by atoms with Gasteiger partial charge in [-0.05, 0) is 49.8 Å². The Morgan fingerprint density at radius 1 is 1.30 bits per heavy atom. The molecule has 2 aromatic rings. The van der Waals surface area contributed by atoms with E-state index in [1.165, 1.54) is 31.5 Å². The van der Waals surface area contributed by atoms with Crippen LogP contribution in [0.15, 0.2) is 35.9 Å². The molecule has 2 fully saturated rings. The monoisotopic (exact) mass is 474 g/mol. The molecular weight excluding hydrogens is 447 g/mol. The lowest BCUT2D eigenvalue weighted by Gasteiger charge is -2.17. The summed E-state index contributed by atoms with van der Waals surface area (Å²) in [5.41, 5.74) is 0.829. The number of carbonyl (C=O) groups excluding carboxylic acids is 1. The fourth-order valence-corrected chi connectivity index (χ4v) is 3.99. The minimum Gasteiger partial charge on any atom is -0.496 e. The van der Waals surface area contributed by atoms with Crippen LogP contribution in [0.2, 0.25) is 0 Å². The molecular formula is C23H27FN4O4S. The molecule has 2 saturated carbocycles. The maximum atomic E-state index is 13.8. The Hall–Kier alpha value is -3.01. The standard InChI is InChI=1S/C23H27FN4O4S/c1-32-20-8-7-17(24)11-16(20)12-25-22-18(13-26-21(28-22)15-5-6-15)23(29)27-19(14-3-4-14)9-10-33(2,30)31/h7-11,13-15,19H,3-6,12H2,1-2H3,(H,27,29)(H,25,26,28)/b10-9+/t19-/m1/s1. The number of halogens is 1. The van der Waals surface area contributed by atoms with E-state index in [0.717, 1.165) is 37.3 Å². The zero-order chi connectivity index (χ0) is 23.6. The maximum absolute atomic E-state index is 13.8. The van der Waals surface area contributed by atoms with Gasteiger partial charge in [0.2, 0.25) is 0 Å². The van der Waals surface area contributed by atoms with Crippen molar-refractivity contribution in [2.75, 3.05) is 18.7 Å². The Balaban J connectivity index is 1.56. The van der Waals surface area contributed by atoms with Crippen LogP contribution in [-0.4, -0.2) is 43.7 Å². The van der Waals surface area contributed by atoms with Crippen LogP contribution in [0.25, 0.3) is 0 Å². The third-order valence-electron chi connectivity index (χ3n) is 5.64. The second-order valence-electron chi connectivity index (χ2n) is 8.57. The van der Waals surface area contributed by atoms with Crippen LogP contribution >= 0.6 is 0 Å². The van der Waals surface area contributed by atoms with E-state index in [1.807, 2.05) is 0 Å². The summed E-state index contributed by atoms with van der Waals surface area (Å²) in [6, 6.07) is 3.84. The maximum Gasteiger partial charge on any atom is 0.257 e. The molecule has 0 spiro atoms. The summed E-state index contributed by atoms with van der Waals surface area (Å²) in [7, 11) is -1.80. The first kappa shape index (κ1) is 23.2. The lowest BCUT2D eigenvalue weighted by molar-refractivity contribution is 0.0940. The largest absolute Gasteiger partial charge is 0.496 e. The minimum atomic E-state index is -3.30. The van der Waals surface area contributed by atoms with E-state index in [9.17, 15) is 17.6 Å². The van der Waals surface area contributed by atoms with Gasteiger partial charge in [-0.25, -0.2) is 22.8 Å². The molecule has 2 N–H and O–H groups in total. The SMILES string of the molecule is COc1ccc(F)cc1CNc1nc(C2CC2)ncc1C(=O)N[C@H](/C=C/S(C)(=O)=O)C1CC1. The quantitative estimate of drug-likeness (QED) is 0.544. The molecule has 10 heteroatoms. The van der Waals surface area contributed by atoms with Gasteiger partial charge in [-0.15, -0.1) is 0 Å². The van der Waals surface area contributed by atoms with E-state index in [4.69, 9.17) is 4.74 Å². The predicted octanol–water partition coefficient (Wildman–Crippen LogP) is 3.18. The molecule has 2 aliphatic rings. The van der Waals surface area contributed by atoms with Gasteiger partial charge in [-0.2, -0.15) is 0 Å². The third kappa shape index (κ3) is 6.28. The number of amides is 1. The molecule has 1 aromatic heterocycles. The van der Waals surface area contributed by atoms with Gasteiger partial charge in [0.15, 0.2) is 9.84 Å². The summed E-state index contributed by atoms with van der Waals surface area (Å²) < 4.78 is 42.1. The van der Waals surface area contributed by atoms with Crippen molar-refractivity contribution in [1.82, 2.24) is 15.3 Å². The molecule has 176 valence electrons. The molecule has 8 nitrogen and oxygen atoms in total. The van der Waals surface area contributed by atoms with Crippen molar-refractivity contribution in [3.63, 3.8) is 0 Å². The van der Waals surface area contributed by atoms with Crippen molar-refractivity contribution in [2.24, 2.45) is 5.92 Å². The van der Waals surface area contributed by atoms with Crippen LogP contribution in [0.5, 0.6) is 5.75 Å². The first-order valence-corrected chi connectivity index (χ1v) is 12.8. The van der Waals surface area contributed by atoms with Gasteiger partial charge in [0.05, 0.1) is 13.2 Å². The number of nitrogens with one attached hydrogen (secondary N) is 2. The number of nitrogens with zero attached hydrogens (tertiary/aromatic N) is 2. The summed E-state index contributed by atoms with van der Waals surface area (Å²) >= 11 is 0. The Morgan fingerprint density at radius 2 is 2.06 bits per heavy atom. The van der Waals surface area contributed by atoms with Crippen molar-refractivity contribution < 1.29 is 22.3 Å². The van der Waals surface area contributed by atoms with E-state index in [-0.39, 0.29) is 23.9 Å². The molecule has 4 rings (SSSR count). The Labute approximate surface area is 192 Å². The van der Waals surface area contributed by atoms with Gasteiger partial charge in [0, 0.05) is 35.9 Å². The molecule has 0 saturated heterocycles. The van der Waals surface area contributed by atoms with E-state index in [1.54, 1.807) is 6.07 Å². The first-order chi connectivity index (χ1) is 15.7. The molecule has 33 heavy (non-hydrogen) atoms. The van der Waals surface area contributed by atoms with E-state index >= 15 is 0 Å². The van der Waals surface area contributed by atoms with Gasteiger partial charge < -0.3 is 15.4 Å². The average Bonchev–Trinajstić information content (AvgIpc) is 3.67. The number of benzene rings is 1. The van der Waals surface area contributed by atoms with Crippen LogP contribution in [0.3, 0.4) is 0 Å². The van der Waals surface area contributed by atoms with Crippen LogP contribution in [0.4, 0.5) is 10.2 Å². The second kappa shape index (κ2) is 9.46. The summed E-state index contributed by atoms with van der Waals surface area (Å²) in [6.07, 6.45) is 7.97. The van der Waals surface area contributed by atoms with Crippen molar-refractivity contribution in [3.05, 3.63) is 58.6 Å². The summed E-state index contributed by atoms with van der Waals surface area (Å²) in [5.74, 6) is 1.22. The summed E-state index contributed by atoms with van der Waals surface area (Å²) in [4.78, 5) is 22.1. The molecule has 2 aliphatic carbocycles. The number of methoxy groups -OCH3 is 1. The summed E-state index contributed by atoms with van der Waals surface area (Å²) in [5, 5.41) is 7.17. The molecule has 0 aliphatic heterocycles. The van der Waals surface area contributed by atoms with Crippen LogP contribution in [0, 0.1) is 11.7 Å². The highest BCUT2D eigenvalue weighted by atomic mass is 32.2. The number of ether oxygens (including phenoxy) is 1. The lowest BCUT2D eigenvalue weighted by Crippen LogP contribution is -2.35. The predicted molar refractivity (Wildman–Crippen MR) is 122 cm³/mol. The molecule has 1 aromatic carbocycles. The zero-order valence-electron chi connectivity index (χ0n) is 18.5. The number of anilines is 1. The van der Waals surface area contributed by atoms with Crippen molar-refractivity contribution in [2.45, 2.75) is 44.2 Å². The van der Waals surface area contributed by atoms with Gasteiger partial charge in [0.1, 0.15) is 28.8 Å². The zero-order valence-corrected chi connectivity index (χ0v) is 19.4. The third-order valence-corrected chi connectivity index (χ3v) is 6.30. The van der Waals surface area contributed by atoms with Gasteiger partial charge >= 0.3 is 0 Å². The normalized spacial score (nSPS) is 17.1. The highest BCUT2D eigenvalue weighted by Crippen LogP contribution is 2.38. The van der Waals surface area contributed by atoms with Crippen LogP contribution < -0.4 is 15.4 Å². The van der Waals surface area contributed by atoms with Gasteiger partial charge in [0.25, 0.3) is 5.91 Å². The Morgan fingerprint density at radius 3 is 2.70 bits per heavy atom. The smallest absolute Gasteiger partial charge is 0.257 e. The molecule has 0 bridgehead atoms. The number of hydrogen-bond acceptors (Lipinski definition) is 7. The molecule has 1 heterocycles. The van der Waals surface area contributed by atoms with Crippen molar-refractivity contribution >= 4 is 21.6 Å². The van der Waals surface area contributed by atoms with E-state index in [2.05, 4.69) is 20.6 Å². The number of rotatable bonds is 10. The second-order valence-corrected chi connectivity index (χ2v) is 10.5. The topological polar surface area (TPSA) is 110 Å². The number of sulfone groups is 1.